The van der Waals surface area contributed by atoms with Crippen molar-refractivity contribution >= 4 is 10.9 Å². The van der Waals surface area contributed by atoms with E-state index in [1.807, 2.05) is 4.57 Å². The minimum Gasteiger partial charge on any atom is -0.347 e. The van der Waals surface area contributed by atoms with E-state index in [9.17, 15) is 0 Å². The summed E-state index contributed by atoms with van der Waals surface area (Å²) in [5.41, 5.74) is 3.65. The van der Waals surface area contributed by atoms with Gasteiger partial charge in [0.05, 0.1) is 11.2 Å². The maximum absolute atomic E-state index is 3.88. The molecule has 0 aliphatic heterocycles. The smallest absolute Gasteiger partial charge is 0.123 e. The van der Waals surface area contributed by atoms with Crippen molar-refractivity contribution in [1.82, 2.24) is 24.6 Å². The van der Waals surface area contributed by atoms with Gasteiger partial charge in [-0.05, 0) is 42.1 Å². The van der Waals surface area contributed by atoms with Crippen LogP contribution in [0, 0.1) is 0 Å². The fourth-order valence-corrected chi connectivity index (χ4v) is 3.06. The number of rotatable bonds is 7. The number of nitrogens with zero attached hydrogens (tertiary/aromatic N) is 4. The lowest BCUT2D eigenvalue weighted by Crippen LogP contribution is -2.16. The van der Waals surface area contributed by atoms with Crippen molar-refractivity contribution in [2.24, 2.45) is 0 Å². The number of benzene rings is 2. The summed E-state index contributed by atoms with van der Waals surface area (Å²) in [6, 6.07) is 19.1. The summed E-state index contributed by atoms with van der Waals surface area (Å²) in [6.45, 7) is 2.92. The number of aromatic nitrogens is 4. The summed E-state index contributed by atoms with van der Waals surface area (Å²) in [5, 5.41) is 12.5. The largest absolute Gasteiger partial charge is 0.347 e. The Morgan fingerprint density at radius 1 is 0.920 bits per heavy atom. The molecular formula is C20H21N5. The van der Waals surface area contributed by atoms with Crippen LogP contribution in [0.4, 0.5) is 0 Å². The van der Waals surface area contributed by atoms with Gasteiger partial charge in [-0.15, -0.1) is 10.2 Å². The van der Waals surface area contributed by atoms with Crippen LogP contribution in [0.5, 0.6) is 0 Å². The average molecular weight is 331 g/mol. The summed E-state index contributed by atoms with van der Waals surface area (Å²) in [6.07, 6.45) is 6.70. The Morgan fingerprint density at radius 2 is 1.76 bits per heavy atom. The van der Waals surface area contributed by atoms with Gasteiger partial charge in [0.15, 0.2) is 0 Å². The SMILES string of the molecule is c1ccc(CNCCCn2ccc3ccc(-n4cnnc4)cc32)cc1. The third-order valence-corrected chi connectivity index (χ3v) is 4.40. The molecule has 126 valence electrons. The highest BCUT2D eigenvalue weighted by Crippen LogP contribution is 2.20. The van der Waals surface area contributed by atoms with Gasteiger partial charge in [0, 0.05) is 19.3 Å². The van der Waals surface area contributed by atoms with Crippen molar-refractivity contribution in [2.75, 3.05) is 6.54 Å². The minimum absolute atomic E-state index is 0.922. The van der Waals surface area contributed by atoms with Crippen molar-refractivity contribution in [1.29, 1.82) is 0 Å². The lowest BCUT2D eigenvalue weighted by molar-refractivity contribution is 0.591. The van der Waals surface area contributed by atoms with E-state index in [0.717, 1.165) is 31.7 Å². The highest BCUT2D eigenvalue weighted by molar-refractivity contribution is 5.82. The van der Waals surface area contributed by atoms with Crippen molar-refractivity contribution in [2.45, 2.75) is 19.5 Å². The molecule has 0 spiro atoms. The van der Waals surface area contributed by atoms with Crippen LogP contribution in [-0.4, -0.2) is 25.9 Å². The number of nitrogens with one attached hydrogen (secondary N) is 1. The third kappa shape index (κ3) is 3.61. The van der Waals surface area contributed by atoms with Crippen LogP contribution in [0.2, 0.25) is 0 Å². The van der Waals surface area contributed by atoms with E-state index in [1.54, 1.807) is 12.7 Å². The molecule has 2 heterocycles. The Labute approximate surface area is 146 Å². The molecule has 4 aromatic rings. The van der Waals surface area contributed by atoms with Crippen LogP contribution in [0.3, 0.4) is 0 Å². The first-order chi connectivity index (χ1) is 12.4. The van der Waals surface area contributed by atoms with Crippen LogP contribution in [0.15, 0.2) is 73.4 Å². The van der Waals surface area contributed by atoms with Gasteiger partial charge in [0.2, 0.25) is 0 Å². The van der Waals surface area contributed by atoms with Crippen molar-refractivity contribution in [3.63, 3.8) is 0 Å². The quantitative estimate of drug-likeness (QED) is 0.528. The summed E-state index contributed by atoms with van der Waals surface area (Å²) in [4.78, 5) is 0. The molecule has 25 heavy (non-hydrogen) atoms. The third-order valence-electron chi connectivity index (χ3n) is 4.40. The molecule has 0 unspecified atom stereocenters. The van der Waals surface area contributed by atoms with Crippen LogP contribution < -0.4 is 5.32 Å². The van der Waals surface area contributed by atoms with E-state index >= 15 is 0 Å². The van der Waals surface area contributed by atoms with Gasteiger partial charge >= 0.3 is 0 Å². The molecule has 0 saturated carbocycles. The Kier molecular flexibility index (Phi) is 4.57. The number of aryl methyl sites for hydroxylation is 1. The molecule has 0 saturated heterocycles. The molecule has 0 atom stereocenters. The Hall–Kier alpha value is -2.92. The van der Waals surface area contributed by atoms with Gasteiger partial charge in [-0.3, -0.25) is 4.57 Å². The second-order valence-corrected chi connectivity index (χ2v) is 6.14. The summed E-state index contributed by atoms with van der Waals surface area (Å²) >= 11 is 0. The minimum atomic E-state index is 0.922. The second kappa shape index (κ2) is 7.32. The van der Waals surface area contributed by atoms with E-state index in [4.69, 9.17) is 0 Å². The molecule has 1 N–H and O–H groups in total. The Bertz CT molecular complexity index is 925. The first-order valence-corrected chi connectivity index (χ1v) is 8.59. The maximum Gasteiger partial charge on any atom is 0.123 e. The predicted molar refractivity (Wildman–Crippen MR) is 99.6 cm³/mol. The van der Waals surface area contributed by atoms with E-state index in [2.05, 4.69) is 80.9 Å². The van der Waals surface area contributed by atoms with Gasteiger partial charge in [-0.1, -0.05) is 36.4 Å². The van der Waals surface area contributed by atoms with Crippen LogP contribution in [0.25, 0.3) is 16.6 Å². The molecule has 4 rings (SSSR count). The highest BCUT2D eigenvalue weighted by Gasteiger charge is 2.04. The lowest BCUT2D eigenvalue weighted by Gasteiger charge is -2.08. The van der Waals surface area contributed by atoms with Gasteiger partial charge in [0.1, 0.15) is 12.7 Å². The van der Waals surface area contributed by atoms with Crippen molar-refractivity contribution in [3.8, 4) is 5.69 Å². The first kappa shape index (κ1) is 15.6. The molecule has 2 aromatic carbocycles. The molecular weight excluding hydrogens is 310 g/mol. The van der Waals surface area contributed by atoms with E-state index in [1.165, 1.54) is 16.5 Å². The number of hydrogen-bond donors (Lipinski definition) is 1. The van der Waals surface area contributed by atoms with Gasteiger partial charge in [0.25, 0.3) is 0 Å². The van der Waals surface area contributed by atoms with Crippen molar-refractivity contribution in [3.05, 3.63) is 79.0 Å². The second-order valence-electron chi connectivity index (χ2n) is 6.14. The Balaban J connectivity index is 1.37. The van der Waals surface area contributed by atoms with Crippen LogP contribution in [-0.2, 0) is 13.1 Å². The summed E-state index contributed by atoms with van der Waals surface area (Å²) < 4.78 is 4.24. The zero-order valence-corrected chi connectivity index (χ0v) is 14.0. The topological polar surface area (TPSA) is 47.7 Å². The maximum atomic E-state index is 3.88. The Morgan fingerprint density at radius 3 is 2.60 bits per heavy atom. The number of hydrogen-bond acceptors (Lipinski definition) is 3. The monoisotopic (exact) mass is 331 g/mol. The molecule has 0 aliphatic rings. The highest BCUT2D eigenvalue weighted by atomic mass is 15.2. The average Bonchev–Trinajstić information content (AvgIpc) is 3.32. The number of fused-ring (bicyclic) bond motifs is 1. The van der Waals surface area contributed by atoms with E-state index in [-0.39, 0.29) is 0 Å². The standard InChI is InChI=1S/C20H21N5/c1-2-5-17(6-3-1)14-21-10-4-11-24-12-9-18-7-8-19(13-20(18)24)25-15-22-23-16-25/h1-3,5-9,12-13,15-16,21H,4,10-11,14H2. The van der Waals surface area contributed by atoms with Crippen LogP contribution in [0.1, 0.15) is 12.0 Å². The summed E-state index contributed by atoms with van der Waals surface area (Å²) in [7, 11) is 0. The molecule has 2 aromatic heterocycles. The molecule has 0 fully saturated rings. The molecule has 0 aliphatic carbocycles. The molecule has 0 radical (unpaired) electrons. The molecule has 0 amide bonds. The van der Waals surface area contributed by atoms with E-state index < -0.39 is 0 Å². The molecule has 5 nitrogen and oxygen atoms in total. The fourth-order valence-electron chi connectivity index (χ4n) is 3.06. The normalized spacial score (nSPS) is 11.2. The zero-order chi connectivity index (χ0) is 16.9. The van der Waals surface area contributed by atoms with Gasteiger partial charge in [-0.25, -0.2) is 0 Å². The predicted octanol–water partition coefficient (Wildman–Crippen LogP) is 3.40. The fraction of sp³-hybridized carbons (Fsp3) is 0.200. The van der Waals surface area contributed by atoms with Crippen molar-refractivity contribution < 1.29 is 0 Å². The zero-order valence-electron chi connectivity index (χ0n) is 14.0. The van der Waals surface area contributed by atoms with Gasteiger partial charge < -0.3 is 9.88 Å². The summed E-state index contributed by atoms with van der Waals surface area (Å²) in [5.74, 6) is 0. The van der Waals surface area contributed by atoms with Gasteiger partial charge in [-0.2, -0.15) is 0 Å². The molecule has 5 heteroatoms. The van der Waals surface area contributed by atoms with E-state index in [0.29, 0.717) is 0 Å². The first-order valence-electron chi connectivity index (χ1n) is 8.59. The van der Waals surface area contributed by atoms with Crippen LogP contribution >= 0.6 is 0 Å². The lowest BCUT2D eigenvalue weighted by atomic mass is 10.2. The molecule has 0 bridgehead atoms.